The summed E-state index contributed by atoms with van der Waals surface area (Å²) in [6.45, 7) is 2.47. The van der Waals surface area contributed by atoms with Crippen LogP contribution >= 0.6 is 0 Å². The molecule has 6 nitrogen and oxygen atoms in total. The Balaban J connectivity index is 1.92. The van der Waals surface area contributed by atoms with Crippen molar-refractivity contribution < 1.29 is 4.74 Å². The summed E-state index contributed by atoms with van der Waals surface area (Å²) in [6, 6.07) is 18.1. The number of hydrogen-bond donors (Lipinski definition) is 2. The molecule has 29 heavy (non-hydrogen) atoms. The number of aryl methyl sites for hydroxylation is 1. The monoisotopic (exact) mass is 387 g/mol. The summed E-state index contributed by atoms with van der Waals surface area (Å²) in [5.74, 6) is 7.01. The van der Waals surface area contributed by atoms with Crippen molar-refractivity contribution in [1.82, 2.24) is 9.97 Å². The van der Waals surface area contributed by atoms with Crippen LogP contribution in [-0.4, -0.2) is 17.1 Å². The van der Waals surface area contributed by atoms with Crippen LogP contribution in [0.5, 0.6) is 0 Å². The van der Waals surface area contributed by atoms with Gasteiger partial charge in [0.25, 0.3) is 0 Å². The van der Waals surface area contributed by atoms with Crippen molar-refractivity contribution in [2.75, 3.05) is 12.5 Å². The number of nitrogens with zero attached hydrogens (tertiary/aromatic N) is 3. The summed E-state index contributed by atoms with van der Waals surface area (Å²) in [5, 5.41) is 9.34. The van der Waals surface area contributed by atoms with E-state index in [-0.39, 0.29) is 0 Å². The summed E-state index contributed by atoms with van der Waals surface area (Å²) in [7, 11) is 1.62. The fourth-order valence-electron chi connectivity index (χ4n) is 3.36. The van der Waals surface area contributed by atoms with Crippen molar-refractivity contribution in [3.63, 3.8) is 0 Å². The van der Waals surface area contributed by atoms with E-state index in [0.717, 1.165) is 40.8 Å². The topological polar surface area (TPSA) is 96.8 Å². The number of rotatable bonds is 8. The molecule has 3 aromatic rings. The molecule has 0 aliphatic heterocycles. The standard InChI is InChI=1S/C23H25N5O/c1-3-6-21-20(23(28-25)27-22(26-21)15-29-2)13-16-9-11-17(12-10-16)19-8-5-4-7-18(19)14-24/h4-5,7-12H,3,6,13,15,25H2,1-2H3,(H,26,27,28). The fraction of sp³-hybridized carbons (Fsp3) is 0.261. The number of ether oxygens (including phenoxy) is 1. The lowest BCUT2D eigenvalue weighted by molar-refractivity contribution is 0.177. The van der Waals surface area contributed by atoms with Gasteiger partial charge in [0.15, 0.2) is 5.82 Å². The lowest BCUT2D eigenvalue weighted by Gasteiger charge is -2.15. The minimum atomic E-state index is 0.346. The summed E-state index contributed by atoms with van der Waals surface area (Å²) in [4.78, 5) is 9.18. The SMILES string of the molecule is CCCc1nc(COC)nc(NN)c1Cc1ccc(-c2ccccc2C#N)cc1. The maximum atomic E-state index is 9.34. The third kappa shape index (κ3) is 4.77. The zero-order valence-electron chi connectivity index (χ0n) is 16.8. The van der Waals surface area contributed by atoms with Crippen molar-refractivity contribution in [2.24, 2.45) is 5.84 Å². The molecule has 0 radical (unpaired) electrons. The van der Waals surface area contributed by atoms with E-state index >= 15 is 0 Å². The highest BCUT2D eigenvalue weighted by Crippen LogP contribution is 2.26. The van der Waals surface area contributed by atoms with Crippen LogP contribution in [0.4, 0.5) is 5.82 Å². The van der Waals surface area contributed by atoms with E-state index in [9.17, 15) is 5.26 Å². The van der Waals surface area contributed by atoms with Gasteiger partial charge in [0, 0.05) is 24.8 Å². The average molecular weight is 387 g/mol. The van der Waals surface area contributed by atoms with E-state index in [1.807, 2.05) is 36.4 Å². The van der Waals surface area contributed by atoms with Gasteiger partial charge >= 0.3 is 0 Å². The molecule has 0 atom stereocenters. The van der Waals surface area contributed by atoms with Crippen molar-refractivity contribution in [3.8, 4) is 17.2 Å². The van der Waals surface area contributed by atoms with Gasteiger partial charge in [-0.05, 0) is 29.2 Å². The quantitative estimate of drug-likeness (QED) is 0.448. The number of aromatic nitrogens is 2. The Kier molecular flexibility index (Phi) is 6.90. The van der Waals surface area contributed by atoms with Crippen LogP contribution in [0.2, 0.25) is 0 Å². The van der Waals surface area contributed by atoms with Crippen LogP contribution in [0.25, 0.3) is 11.1 Å². The lowest BCUT2D eigenvalue weighted by atomic mass is 9.96. The maximum Gasteiger partial charge on any atom is 0.156 e. The number of methoxy groups -OCH3 is 1. The highest BCUT2D eigenvalue weighted by atomic mass is 16.5. The fourth-order valence-corrected chi connectivity index (χ4v) is 3.36. The molecule has 0 amide bonds. The molecular weight excluding hydrogens is 362 g/mol. The van der Waals surface area contributed by atoms with Crippen LogP contribution in [-0.2, 0) is 24.2 Å². The van der Waals surface area contributed by atoms with Gasteiger partial charge in [0.05, 0.1) is 11.6 Å². The molecule has 3 rings (SSSR count). The highest BCUT2D eigenvalue weighted by Gasteiger charge is 2.14. The Morgan fingerprint density at radius 3 is 2.52 bits per heavy atom. The Hall–Kier alpha value is -3.27. The van der Waals surface area contributed by atoms with Crippen molar-refractivity contribution in [1.29, 1.82) is 5.26 Å². The maximum absolute atomic E-state index is 9.34. The first-order valence-corrected chi connectivity index (χ1v) is 9.62. The second-order valence-corrected chi connectivity index (χ2v) is 6.77. The van der Waals surface area contributed by atoms with Crippen molar-refractivity contribution in [3.05, 3.63) is 76.7 Å². The van der Waals surface area contributed by atoms with Crippen LogP contribution in [0.1, 0.15) is 41.6 Å². The van der Waals surface area contributed by atoms with E-state index in [2.05, 4.69) is 40.5 Å². The van der Waals surface area contributed by atoms with Crippen LogP contribution < -0.4 is 11.3 Å². The molecule has 3 N–H and O–H groups in total. The lowest BCUT2D eigenvalue weighted by Crippen LogP contribution is -2.16. The van der Waals surface area contributed by atoms with Gasteiger partial charge in [-0.3, -0.25) is 0 Å². The second-order valence-electron chi connectivity index (χ2n) is 6.77. The number of nitrogens with one attached hydrogen (secondary N) is 1. The zero-order valence-corrected chi connectivity index (χ0v) is 16.8. The van der Waals surface area contributed by atoms with Crippen molar-refractivity contribution in [2.45, 2.75) is 32.8 Å². The number of nitriles is 1. The predicted octanol–water partition coefficient (Wildman–Crippen LogP) is 3.99. The van der Waals surface area contributed by atoms with Crippen LogP contribution in [0.15, 0.2) is 48.5 Å². The third-order valence-corrected chi connectivity index (χ3v) is 4.73. The minimum Gasteiger partial charge on any atom is -0.377 e. The van der Waals surface area contributed by atoms with Gasteiger partial charge in [-0.1, -0.05) is 55.8 Å². The summed E-state index contributed by atoms with van der Waals surface area (Å²) >= 11 is 0. The molecule has 1 heterocycles. The van der Waals surface area contributed by atoms with Gasteiger partial charge < -0.3 is 10.2 Å². The van der Waals surface area contributed by atoms with Gasteiger partial charge in [0.1, 0.15) is 12.4 Å². The van der Waals surface area contributed by atoms with E-state index < -0.39 is 0 Å². The van der Waals surface area contributed by atoms with Crippen LogP contribution in [0.3, 0.4) is 0 Å². The number of hydrogen-bond acceptors (Lipinski definition) is 6. The molecule has 0 saturated heterocycles. The Morgan fingerprint density at radius 2 is 1.86 bits per heavy atom. The molecule has 0 fully saturated rings. The van der Waals surface area contributed by atoms with E-state index in [0.29, 0.717) is 30.2 Å². The number of benzene rings is 2. The normalized spacial score (nSPS) is 10.6. The molecule has 1 aromatic heterocycles. The second kappa shape index (κ2) is 9.78. The molecule has 0 saturated carbocycles. The molecule has 0 aliphatic carbocycles. The van der Waals surface area contributed by atoms with E-state index in [1.165, 1.54) is 0 Å². The van der Waals surface area contributed by atoms with Gasteiger partial charge in [0.2, 0.25) is 0 Å². The molecule has 0 aliphatic rings. The third-order valence-electron chi connectivity index (χ3n) is 4.73. The largest absolute Gasteiger partial charge is 0.377 e. The number of nitrogens with two attached hydrogens (primary N) is 1. The van der Waals surface area contributed by atoms with Crippen LogP contribution in [0, 0.1) is 11.3 Å². The molecule has 0 spiro atoms. The molecule has 148 valence electrons. The first-order valence-electron chi connectivity index (χ1n) is 9.62. The van der Waals surface area contributed by atoms with E-state index in [1.54, 1.807) is 7.11 Å². The number of anilines is 1. The first-order chi connectivity index (χ1) is 14.2. The zero-order chi connectivity index (χ0) is 20.6. The van der Waals surface area contributed by atoms with Gasteiger partial charge in [-0.25, -0.2) is 15.8 Å². The van der Waals surface area contributed by atoms with E-state index in [4.69, 9.17) is 10.6 Å². The van der Waals surface area contributed by atoms with Gasteiger partial charge in [-0.2, -0.15) is 5.26 Å². The summed E-state index contributed by atoms with van der Waals surface area (Å²) < 4.78 is 5.18. The number of hydrazine groups is 1. The van der Waals surface area contributed by atoms with Crippen molar-refractivity contribution >= 4 is 5.82 Å². The Morgan fingerprint density at radius 1 is 1.10 bits per heavy atom. The molecule has 0 bridgehead atoms. The smallest absolute Gasteiger partial charge is 0.156 e. The molecule has 0 unspecified atom stereocenters. The molecular formula is C23H25N5O. The number of nitrogen functional groups attached to an aromatic ring is 1. The predicted molar refractivity (Wildman–Crippen MR) is 114 cm³/mol. The summed E-state index contributed by atoms with van der Waals surface area (Å²) in [5.41, 5.74) is 8.46. The highest BCUT2D eigenvalue weighted by molar-refractivity contribution is 5.70. The first kappa shape index (κ1) is 20.5. The Bertz CT molecular complexity index is 1010. The van der Waals surface area contributed by atoms with Gasteiger partial charge in [-0.15, -0.1) is 0 Å². The average Bonchev–Trinajstić information content (AvgIpc) is 2.76. The summed E-state index contributed by atoms with van der Waals surface area (Å²) in [6.07, 6.45) is 2.49. The Labute approximate surface area is 171 Å². The molecule has 2 aromatic carbocycles. The molecule has 6 heteroatoms. The minimum absolute atomic E-state index is 0.346.